The van der Waals surface area contributed by atoms with Gasteiger partial charge in [0, 0.05) is 24.3 Å². The summed E-state index contributed by atoms with van der Waals surface area (Å²) >= 11 is 0. The molecule has 46 heteroatoms. The highest BCUT2D eigenvalue weighted by molar-refractivity contribution is 5.89. The molecule has 12 fully saturated rings. The Morgan fingerprint density at radius 3 is 1.64 bits per heavy atom. The van der Waals surface area contributed by atoms with Gasteiger partial charge in [0.05, 0.1) is 86.9 Å². The molecule has 8 heterocycles. The molecule has 24 N–H and O–H groups in total. The molecule has 8 saturated heterocycles. The number of hydrogen-bond acceptors (Lipinski definition) is 45. The third kappa shape index (κ3) is 22.6. The number of ether oxygens (including phenoxy) is 18. The van der Waals surface area contributed by atoms with E-state index >= 15 is 9.59 Å². The number of carbonyl (C=O) groups is 4. The lowest BCUT2D eigenvalue weighted by atomic mass is 9.33. The van der Waals surface area contributed by atoms with Gasteiger partial charge in [0.15, 0.2) is 56.2 Å². The smallest absolute Gasteiger partial charge is 0.336 e. The van der Waals surface area contributed by atoms with Crippen LogP contribution in [0.25, 0.3) is 0 Å². The summed E-state index contributed by atoms with van der Waals surface area (Å²) in [6.45, 7) is 27.0. The van der Waals surface area contributed by atoms with Crippen molar-refractivity contribution in [1.82, 2.24) is 5.32 Å². The first-order chi connectivity index (χ1) is 67.4. The minimum Gasteiger partial charge on any atom is -0.458 e. The van der Waals surface area contributed by atoms with Gasteiger partial charge in [-0.2, -0.15) is 0 Å². The Balaban J connectivity index is 0.787. The maximum absolute atomic E-state index is 16.9. The van der Waals surface area contributed by atoms with E-state index in [0.29, 0.717) is 32.1 Å². The third-order valence-corrected chi connectivity index (χ3v) is 33.9. The minimum absolute atomic E-state index is 0.0300. The van der Waals surface area contributed by atoms with E-state index in [-0.39, 0.29) is 61.5 Å². The highest BCUT2D eigenvalue weighted by Crippen LogP contribution is 2.76. The number of amides is 1. The van der Waals surface area contributed by atoms with Gasteiger partial charge in [-0.3, -0.25) is 9.59 Å². The molecule has 13 aliphatic rings. The lowest BCUT2D eigenvalue weighted by Gasteiger charge is -2.72. The number of esters is 3. The predicted octanol–water partition coefficient (Wildman–Crippen LogP) is -4.89. The average Bonchev–Trinajstić information content (AvgIpc) is 0.697. The largest absolute Gasteiger partial charge is 0.458 e. The Morgan fingerprint density at radius 1 is 0.486 bits per heavy atom. The van der Waals surface area contributed by atoms with Crippen LogP contribution in [0, 0.1) is 50.2 Å². The number of carbonyl (C=O) groups excluding carboxylic acids is 4. The van der Waals surface area contributed by atoms with Crippen LogP contribution in [0.5, 0.6) is 0 Å². The first kappa shape index (κ1) is 116. The van der Waals surface area contributed by atoms with Crippen LogP contribution in [-0.4, -0.2) is 444 Å². The van der Waals surface area contributed by atoms with Gasteiger partial charge in [0.2, 0.25) is 12.2 Å². The summed E-state index contributed by atoms with van der Waals surface area (Å²) < 4.78 is 111. The SMILES string of the molecule is C=CC(C)(O)CC/C=C(/C)C(=O)OC1C(C)OC(OC(C)(C=C)CC/C=C(/CO)C(=O)OC2CC3(C(=O)OC4OC(CO)C(O)C(O)C4OC4OC(C)C(OC5OC(CO)C(O)C5O)C(OC5OC(CO)C(O)C(O)C5O)C4O)C(O)CC4(C)C(=CCC5C6(C)CCC(OC7OC(COC8OC(C)C(O)C(O)C8OC8OCC(O)C(O)C8O)C(O)C(O)C7NC(C)=O)C(C)(C)C6CCC54C)C3CC2(C)C)C(O)C1O. The first-order valence-electron chi connectivity index (χ1n) is 49.8. The van der Waals surface area contributed by atoms with Crippen LogP contribution in [0.15, 0.2) is 60.3 Å². The van der Waals surface area contributed by atoms with Crippen molar-refractivity contribution < 1.29 is 222 Å². The Labute approximate surface area is 834 Å². The van der Waals surface area contributed by atoms with Crippen molar-refractivity contribution in [3.63, 3.8) is 0 Å². The molecule has 822 valence electrons. The number of fused-ring (bicyclic) bond motifs is 7. The number of aliphatic hydroxyl groups is 23. The second-order valence-electron chi connectivity index (χ2n) is 44.1. The molecule has 8 aliphatic heterocycles. The molecule has 1 amide bonds. The molecule has 5 aliphatic carbocycles. The summed E-state index contributed by atoms with van der Waals surface area (Å²) in [6, 6.07) is -1.38. The number of aliphatic hydroxyl groups excluding tert-OH is 22. The Morgan fingerprint density at radius 2 is 1.01 bits per heavy atom. The zero-order chi connectivity index (χ0) is 106. The molecule has 4 saturated carbocycles. The van der Waals surface area contributed by atoms with E-state index in [0.717, 1.165) is 5.57 Å². The van der Waals surface area contributed by atoms with Crippen LogP contribution in [0.3, 0.4) is 0 Å². The molecule has 0 aromatic heterocycles. The van der Waals surface area contributed by atoms with Crippen molar-refractivity contribution in [2.75, 3.05) is 39.6 Å². The van der Waals surface area contributed by atoms with E-state index < -0.39 is 371 Å². The second kappa shape index (κ2) is 45.8. The second-order valence-corrected chi connectivity index (χ2v) is 44.1. The van der Waals surface area contributed by atoms with Crippen molar-refractivity contribution in [1.29, 1.82) is 0 Å². The number of hydrogen-bond donors (Lipinski definition) is 24. The quantitative estimate of drug-likeness (QED) is 0.00944. The van der Waals surface area contributed by atoms with Crippen LogP contribution in [-0.2, 0) is 104 Å². The van der Waals surface area contributed by atoms with E-state index in [1.165, 1.54) is 52.8 Å². The number of allylic oxidation sites excluding steroid dienone is 4. The molecule has 46 nitrogen and oxygen atoms in total. The molecule has 13 rings (SSSR count). The molecule has 0 bridgehead atoms. The van der Waals surface area contributed by atoms with E-state index in [1.54, 1.807) is 33.8 Å². The summed E-state index contributed by atoms with van der Waals surface area (Å²) in [4.78, 5) is 58.3. The maximum atomic E-state index is 16.9. The Bertz CT molecular complexity index is 4470. The average molecular weight is 2070 g/mol. The minimum atomic E-state index is -2.29. The fourth-order valence-corrected chi connectivity index (χ4v) is 24.6. The number of rotatable bonds is 34. The van der Waals surface area contributed by atoms with Crippen molar-refractivity contribution in [3.05, 3.63) is 60.3 Å². The van der Waals surface area contributed by atoms with Gasteiger partial charge < -0.3 is 208 Å². The maximum Gasteiger partial charge on any atom is 0.336 e. The van der Waals surface area contributed by atoms with E-state index in [4.69, 9.17) is 85.3 Å². The summed E-state index contributed by atoms with van der Waals surface area (Å²) in [5, 5.41) is 262. The van der Waals surface area contributed by atoms with Gasteiger partial charge in [-0.05, 0) is 152 Å². The van der Waals surface area contributed by atoms with Crippen LogP contribution in [0.2, 0.25) is 0 Å². The zero-order valence-electron chi connectivity index (χ0n) is 83.7. The molecule has 50 unspecified atom stereocenters. The molecule has 0 radical (unpaired) electrons. The van der Waals surface area contributed by atoms with E-state index in [2.05, 4.69) is 52.2 Å². The molecule has 144 heavy (non-hydrogen) atoms. The lowest BCUT2D eigenvalue weighted by molar-refractivity contribution is -0.390. The predicted molar refractivity (Wildman–Crippen MR) is 488 cm³/mol. The van der Waals surface area contributed by atoms with Crippen LogP contribution < -0.4 is 5.32 Å². The molecular formula is C98H155NO45. The molecular weight excluding hydrogens is 1910 g/mol. The van der Waals surface area contributed by atoms with E-state index in [9.17, 15) is 127 Å². The van der Waals surface area contributed by atoms with Gasteiger partial charge >= 0.3 is 17.9 Å². The topological polar surface area (TPSA) is 712 Å². The fraction of sp³-hybridized carbons (Fsp3) is 0.857. The van der Waals surface area contributed by atoms with Gasteiger partial charge in [-0.15, -0.1) is 13.2 Å². The van der Waals surface area contributed by atoms with Crippen molar-refractivity contribution in [2.24, 2.45) is 50.2 Å². The van der Waals surface area contributed by atoms with Gasteiger partial charge in [-0.1, -0.05) is 84.4 Å². The monoisotopic (exact) mass is 2070 g/mol. The zero-order valence-corrected chi connectivity index (χ0v) is 83.7. The van der Waals surface area contributed by atoms with Crippen LogP contribution in [0.4, 0.5) is 0 Å². The molecule has 0 aromatic rings. The lowest BCUT2D eigenvalue weighted by Crippen LogP contribution is -2.70. The summed E-state index contributed by atoms with van der Waals surface area (Å²) in [7, 11) is 0. The third-order valence-electron chi connectivity index (χ3n) is 33.9. The van der Waals surface area contributed by atoms with Gasteiger partial charge in [0.1, 0.15) is 164 Å². The highest BCUT2D eigenvalue weighted by Gasteiger charge is 2.74. The van der Waals surface area contributed by atoms with Crippen molar-refractivity contribution in [2.45, 2.75) is 437 Å². The van der Waals surface area contributed by atoms with Gasteiger partial charge in [-0.25, -0.2) is 9.59 Å². The van der Waals surface area contributed by atoms with Crippen LogP contribution >= 0.6 is 0 Å². The highest BCUT2D eigenvalue weighted by atomic mass is 16.8. The fourth-order valence-electron chi connectivity index (χ4n) is 24.6. The Hall–Kier alpha value is -4.94. The van der Waals surface area contributed by atoms with Gasteiger partial charge in [0.25, 0.3) is 0 Å². The summed E-state index contributed by atoms with van der Waals surface area (Å²) in [6.07, 6.45) is -59.4. The van der Waals surface area contributed by atoms with Crippen molar-refractivity contribution in [3.8, 4) is 0 Å². The number of nitrogens with one attached hydrogen (secondary N) is 1. The molecule has 50 atom stereocenters. The van der Waals surface area contributed by atoms with Crippen LogP contribution in [0.1, 0.15) is 174 Å². The molecule has 0 aromatic carbocycles. The Kier molecular flexibility index (Phi) is 36.9. The van der Waals surface area contributed by atoms with Crippen molar-refractivity contribution >= 4 is 23.8 Å². The van der Waals surface area contributed by atoms with E-state index in [1.807, 2.05) is 6.92 Å². The summed E-state index contributed by atoms with van der Waals surface area (Å²) in [5.41, 5.74) is -8.61. The first-order valence-corrected chi connectivity index (χ1v) is 49.8. The summed E-state index contributed by atoms with van der Waals surface area (Å²) in [5.74, 6) is -5.22. The normalized spacial score (nSPS) is 47.9. The molecule has 0 spiro atoms. The standard InChI is InChI=1S/C98H155NO45/c1-17-93(12,126)27-19-21-40(3)80(123)138-75-42(5)131-87(73(121)69(75)117)144-94(13,18-2)28-20-22-45(34-100)81(124)136-57-33-98(90(125)143-89-79(68(116)62(110)50(36-102)134-89)142-86-74(122)77(140-85-72(120)66(114)61(109)49(35-101)132-85)76(43(6)130-86)139-84-71(119)63(111)51(37-103)133-84)47(31-91(57,8)9)46-23-24-54-95(14)29-26-56(92(10,11)53(95)25-30-96(54,15)97(46,16)32-55(98)106)137-82-58(99-44(7)104)65(113)64(112)52(135-82)39-128-88-78(67(115)59(107)41(4)129-88)141-83-70(118)60(108)48(105)38-127-83/h17-18,21-23,41-43,47-79,82-89,100-103,105-122,126H,1-2,19-20,24-39H2,3-16H3,(H,99,104)/b40-21-,45-22-.